The number of anilines is 2. The molecule has 7 nitrogen and oxygen atoms in total. The van der Waals surface area contributed by atoms with E-state index in [9.17, 15) is 9.59 Å². The van der Waals surface area contributed by atoms with Crippen LogP contribution in [0, 0.1) is 6.92 Å². The summed E-state index contributed by atoms with van der Waals surface area (Å²) >= 11 is 2.60. The molecule has 0 saturated carbocycles. The van der Waals surface area contributed by atoms with E-state index in [4.69, 9.17) is 0 Å². The molecule has 0 aliphatic rings. The van der Waals surface area contributed by atoms with Crippen LogP contribution in [0.15, 0.2) is 46.9 Å². The van der Waals surface area contributed by atoms with Gasteiger partial charge in [-0.3, -0.25) is 14.9 Å². The minimum atomic E-state index is -0.415. The average molecular weight is 387 g/mol. The molecule has 0 aliphatic carbocycles. The second-order valence-corrected chi connectivity index (χ2v) is 7.68. The summed E-state index contributed by atoms with van der Waals surface area (Å²) in [5.74, 6) is -0.693. The van der Waals surface area contributed by atoms with Crippen molar-refractivity contribution in [3.05, 3.63) is 53.9 Å². The van der Waals surface area contributed by atoms with Gasteiger partial charge in [-0.1, -0.05) is 41.3 Å². The molecule has 0 saturated heterocycles. The fourth-order valence-corrected chi connectivity index (χ4v) is 3.76. The van der Waals surface area contributed by atoms with Crippen molar-refractivity contribution in [2.24, 2.45) is 7.05 Å². The monoisotopic (exact) mass is 387 g/mol. The van der Waals surface area contributed by atoms with Gasteiger partial charge in [0.15, 0.2) is 4.34 Å². The third kappa shape index (κ3) is 4.50. The quantitative estimate of drug-likeness (QED) is 0.632. The number of nitrogens with one attached hydrogen (secondary N) is 2. The highest BCUT2D eigenvalue weighted by molar-refractivity contribution is 8.01. The van der Waals surface area contributed by atoms with Crippen LogP contribution in [-0.2, 0) is 11.8 Å². The smallest absolute Gasteiger partial charge is 0.274 e. The maximum atomic E-state index is 12.0. The first-order valence-corrected chi connectivity index (χ1v) is 9.57. The standard InChI is InChI=1S/C17H17N5O2S2/c1-11-6-3-4-7-12(11)18-16-20-21-17(26-16)25-10-14(23)19-15(24)13-8-5-9-22(13)2/h3-9H,10H2,1-2H3,(H,18,20)(H,19,23,24). The number of thioether (sulfide) groups is 1. The molecule has 0 fully saturated rings. The molecule has 134 valence electrons. The Morgan fingerprint density at radius 1 is 1.19 bits per heavy atom. The van der Waals surface area contributed by atoms with Crippen molar-refractivity contribution in [3.8, 4) is 0 Å². The van der Waals surface area contributed by atoms with Gasteiger partial charge in [-0.15, -0.1) is 10.2 Å². The van der Waals surface area contributed by atoms with E-state index in [0.29, 0.717) is 15.2 Å². The van der Waals surface area contributed by atoms with E-state index in [0.717, 1.165) is 11.3 Å². The highest BCUT2D eigenvalue weighted by atomic mass is 32.2. The summed E-state index contributed by atoms with van der Waals surface area (Å²) in [4.78, 5) is 23.9. The number of carbonyl (C=O) groups excluding carboxylic acids is 2. The van der Waals surface area contributed by atoms with E-state index in [1.807, 2.05) is 31.2 Å². The molecule has 2 aromatic heterocycles. The molecule has 0 aliphatic heterocycles. The van der Waals surface area contributed by atoms with E-state index < -0.39 is 5.91 Å². The van der Waals surface area contributed by atoms with Gasteiger partial charge in [-0.05, 0) is 30.7 Å². The van der Waals surface area contributed by atoms with Crippen LogP contribution < -0.4 is 10.6 Å². The first-order valence-electron chi connectivity index (χ1n) is 7.77. The van der Waals surface area contributed by atoms with Gasteiger partial charge < -0.3 is 9.88 Å². The molecule has 3 rings (SSSR count). The summed E-state index contributed by atoms with van der Waals surface area (Å²) in [7, 11) is 1.75. The van der Waals surface area contributed by atoms with Crippen LogP contribution in [0.1, 0.15) is 16.1 Å². The number of hydrogen-bond acceptors (Lipinski definition) is 7. The van der Waals surface area contributed by atoms with Crippen LogP contribution in [0.4, 0.5) is 10.8 Å². The minimum absolute atomic E-state index is 0.0924. The largest absolute Gasteiger partial charge is 0.347 e. The summed E-state index contributed by atoms with van der Waals surface area (Å²) in [5, 5.41) is 14.4. The molecular weight excluding hydrogens is 370 g/mol. The van der Waals surface area contributed by atoms with Crippen molar-refractivity contribution in [2.75, 3.05) is 11.1 Å². The summed E-state index contributed by atoms with van der Waals surface area (Å²) < 4.78 is 2.31. The third-order valence-corrected chi connectivity index (χ3v) is 5.52. The predicted molar refractivity (Wildman–Crippen MR) is 103 cm³/mol. The van der Waals surface area contributed by atoms with Crippen molar-refractivity contribution in [1.82, 2.24) is 20.1 Å². The summed E-state index contributed by atoms with van der Waals surface area (Å²) in [5.41, 5.74) is 2.51. The van der Waals surface area contributed by atoms with Crippen molar-refractivity contribution < 1.29 is 9.59 Å². The Labute approximate surface area is 158 Å². The van der Waals surface area contributed by atoms with E-state index in [1.54, 1.807) is 29.9 Å². The zero-order valence-corrected chi connectivity index (χ0v) is 15.9. The molecule has 3 aromatic rings. The Morgan fingerprint density at radius 3 is 2.73 bits per heavy atom. The number of benzene rings is 1. The highest BCUT2D eigenvalue weighted by Gasteiger charge is 2.14. The Hall–Kier alpha value is -2.65. The molecule has 0 radical (unpaired) electrons. The molecule has 2 amide bonds. The Kier molecular flexibility index (Phi) is 5.69. The summed E-state index contributed by atoms with van der Waals surface area (Å²) in [6.45, 7) is 2.01. The minimum Gasteiger partial charge on any atom is -0.347 e. The van der Waals surface area contributed by atoms with Crippen LogP contribution in [0.25, 0.3) is 0 Å². The third-order valence-electron chi connectivity index (χ3n) is 3.55. The van der Waals surface area contributed by atoms with Gasteiger partial charge in [0.25, 0.3) is 5.91 Å². The molecule has 9 heteroatoms. The predicted octanol–water partition coefficient (Wildman–Crippen LogP) is 2.98. The first-order chi connectivity index (χ1) is 12.5. The van der Waals surface area contributed by atoms with Crippen LogP contribution in [0.5, 0.6) is 0 Å². The molecular formula is C17H17N5O2S2. The average Bonchev–Trinajstić information content (AvgIpc) is 3.24. The number of rotatable bonds is 6. The number of para-hydroxylation sites is 1. The Morgan fingerprint density at radius 2 is 2.00 bits per heavy atom. The van der Waals surface area contributed by atoms with E-state index >= 15 is 0 Å². The van der Waals surface area contributed by atoms with Gasteiger partial charge in [0, 0.05) is 18.9 Å². The van der Waals surface area contributed by atoms with Gasteiger partial charge in [-0.2, -0.15) is 0 Å². The van der Waals surface area contributed by atoms with E-state index in [1.165, 1.54) is 23.1 Å². The van der Waals surface area contributed by atoms with Gasteiger partial charge in [-0.25, -0.2) is 0 Å². The molecule has 26 heavy (non-hydrogen) atoms. The van der Waals surface area contributed by atoms with Gasteiger partial charge >= 0.3 is 0 Å². The zero-order valence-electron chi connectivity index (χ0n) is 14.2. The number of nitrogens with zero attached hydrogens (tertiary/aromatic N) is 3. The number of hydrogen-bond donors (Lipinski definition) is 2. The lowest BCUT2D eigenvalue weighted by Gasteiger charge is -2.04. The summed E-state index contributed by atoms with van der Waals surface area (Å²) in [6.07, 6.45) is 1.75. The SMILES string of the molecule is Cc1ccccc1Nc1nnc(SCC(=O)NC(=O)c2cccn2C)s1. The fraction of sp³-hybridized carbons (Fsp3) is 0.176. The molecule has 0 unspecified atom stereocenters. The maximum absolute atomic E-state index is 12.0. The van der Waals surface area contributed by atoms with Crippen molar-refractivity contribution >= 4 is 45.7 Å². The van der Waals surface area contributed by atoms with Crippen molar-refractivity contribution in [3.63, 3.8) is 0 Å². The van der Waals surface area contributed by atoms with Gasteiger partial charge in [0.05, 0.1) is 5.75 Å². The van der Waals surface area contributed by atoms with Crippen LogP contribution in [0.3, 0.4) is 0 Å². The lowest BCUT2D eigenvalue weighted by atomic mass is 10.2. The highest BCUT2D eigenvalue weighted by Crippen LogP contribution is 2.28. The van der Waals surface area contributed by atoms with Crippen LogP contribution in [-0.4, -0.2) is 32.3 Å². The first kappa shape index (κ1) is 18.2. The fourth-order valence-electron chi connectivity index (χ4n) is 2.20. The second-order valence-electron chi connectivity index (χ2n) is 5.48. The van der Waals surface area contributed by atoms with Gasteiger partial charge in [0.2, 0.25) is 11.0 Å². The zero-order chi connectivity index (χ0) is 18.5. The number of imide groups is 1. The number of carbonyl (C=O) groups is 2. The van der Waals surface area contributed by atoms with Crippen molar-refractivity contribution in [2.45, 2.75) is 11.3 Å². The molecule has 0 bridgehead atoms. The Bertz CT molecular complexity index is 935. The molecule has 0 atom stereocenters. The maximum Gasteiger partial charge on any atom is 0.274 e. The second kappa shape index (κ2) is 8.15. The molecule has 1 aromatic carbocycles. The molecule has 2 N–H and O–H groups in total. The topological polar surface area (TPSA) is 88.9 Å². The van der Waals surface area contributed by atoms with E-state index in [2.05, 4.69) is 20.8 Å². The van der Waals surface area contributed by atoms with Crippen LogP contribution >= 0.6 is 23.1 Å². The van der Waals surface area contributed by atoms with Crippen molar-refractivity contribution in [1.29, 1.82) is 0 Å². The number of aryl methyl sites for hydroxylation is 2. The molecule has 0 spiro atoms. The Balaban J connectivity index is 1.51. The number of aromatic nitrogens is 3. The number of amides is 2. The van der Waals surface area contributed by atoms with Crippen LogP contribution in [0.2, 0.25) is 0 Å². The van der Waals surface area contributed by atoms with Gasteiger partial charge in [0.1, 0.15) is 5.69 Å². The lowest BCUT2D eigenvalue weighted by Crippen LogP contribution is -2.32. The lowest BCUT2D eigenvalue weighted by molar-refractivity contribution is -0.117. The summed E-state index contributed by atoms with van der Waals surface area (Å²) in [6, 6.07) is 11.3. The van der Waals surface area contributed by atoms with E-state index in [-0.39, 0.29) is 11.7 Å². The normalized spacial score (nSPS) is 10.5. The molecule has 2 heterocycles.